The lowest BCUT2D eigenvalue weighted by Gasteiger charge is -2.38. The number of amides is 2. The second kappa shape index (κ2) is 8.66. The third-order valence-electron chi connectivity index (χ3n) is 6.23. The first-order valence-electron chi connectivity index (χ1n) is 10.7. The number of rotatable bonds is 4. The number of aromatic hydroxyl groups is 1. The molecule has 2 saturated heterocycles. The van der Waals surface area contributed by atoms with Gasteiger partial charge in [0.15, 0.2) is 11.4 Å². The van der Waals surface area contributed by atoms with Crippen LogP contribution in [0.5, 0.6) is 5.75 Å². The number of hydrogen-bond acceptors (Lipinski definition) is 5. The average molecular weight is 429 g/mol. The van der Waals surface area contributed by atoms with E-state index in [-0.39, 0.29) is 35.1 Å². The summed E-state index contributed by atoms with van der Waals surface area (Å²) < 4.78 is 14.8. The predicted molar refractivity (Wildman–Crippen MR) is 113 cm³/mol. The molecule has 1 N–H and O–H groups in total. The number of halogens is 1. The Morgan fingerprint density at radius 2 is 1.74 bits per heavy atom. The van der Waals surface area contributed by atoms with Crippen LogP contribution in [0.1, 0.15) is 35.8 Å². The van der Waals surface area contributed by atoms with Gasteiger partial charge in [-0.1, -0.05) is 0 Å². The number of nitrogens with zero attached hydrogens (tertiary/aromatic N) is 5. The number of carbonyl (C=O) groups is 2. The van der Waals surface area contributed by atoms with Gasteiger partial charge in [0.05, 0.1) is 17.9 Å². The highest BCUT2D eigenvalue weighted by Crippen LogP contribution is 2.23. The van der Waals surface area contributed by atoms with E-state index in [4.69, 9.17) is 0 Å². The molecule has 4 rings (SSSR count). The number of likely N-dealkylation sites (tertiary alicyclic amines) is 1. The lowest BCUT2D eigenvalue weighted by molar-refractivity contribution is -0.135. The van der Waals surface area contributed by atoms with Crippen molar-refractivity contribution in [3.63, 3.8) is 0 Å². The molecule has 1 unspecified atom stereocenters. The number of carbonyl (C=O) groups excluding carboxylic acids is 2. The number of piperazine rings is 1. The highest BCUT2D eigenvalue weighted by molar-refractivity contribution is 5.95. The van der Waals surface area contributed by atoms with Crippen LogP contribution >= 0.6 is 0 Å². The molecule has 0 spiro atoms. The fourth-order valence-electron chi connectivity index (χ4n) is 4.34. The lowest BCUT2D eigenvalue weighted by Crippen LogP contribution is -2.55. The van der Waals surface area contributed by atoms with Crippen LogP contribution in [0.3, 0.4) is 0 Å². The van der Waals surface area contributed by atoms with Crippen molar-refractivity contribution in [2.45, 2.75) is 32.7 Å². The van der Waals surface area contributed by atoms with Crippen molar-refractivity contribution in [1.82, 2.24) is 24.5 Å². The topological polar surface area (TPSA) is 81.9 Å². The van der Waals surface area contributed by atoms with Crippen LogP contribution in [0.4, 0.5) is 4.39 Å². The molecule has 0 radical (unpaired) electrons. The summed E-state index contributed by atoms with van der Waals surface area (Å²) in [5.41, 5.74) is 1.21. The van der Waals surface area contributed by atoms with Crippen LogP contribution in [0.25, 0.3) is 5.69 Å². The first kappa shape index (κ1) is 21.3. The van der Waals surface area contributed by atoms with Gasteiger partial charge in [-0.25, -0.2) is 9.07 Å². The van der Waals surface area contributed by atoms with Gasteiger partial charge in [0.25, 0.3) is 5.91 Å². The summed E-state index contributed by atoms with van der Waals surface area (Å²) in [5, 5.41) is 14.6. The molecule has 2 aliphatic rings. The molecule has 31 heavy (non-hydrogen) atoms. The molecule has 8 nitrogen and oxygen atoms in total. The van der Waals surface area contributed by atoms with E-state index in [9.17, 15) is 19.1 Å². The number of aryl methyl sites for hydroxylation is 1. The minimum absolute atomic E-state index is 0.0293. The van der Waals surface area contributed by atoms with E-state index in [0.29, 0.717) is 37.4 Å². The average Bonchev–Trinajstić information content (AvgIpc) is 3.42. The first-order valence-corrected chi connectivity index (χ1v) is 10.7. The van der Waals surface area contributed by atoms with E-state index in [0.717, 1.165) is 25.9 Å². The molecule has 2 amide bonds. The largest absolute Gasteiger partial charge is 0.504 e. The molecule has 2 aliphatic heterocycles. The molecule has 3 heterocycles. The molecule has 1 atom stereocenters. The Bertz CT molecular complexity index is 978. The highest BCUT2D eigenvalue weighted by atomic mass is 19.1. The molecule has 2 aromatic rings. The zero-order valence-corrected chi connectivity index (χ0v) is 17.9. The first-order chi connectivity index (χ1) is 14.8. The Morgan fingerprint density at radius 1 is 1.06 bits per heavy atom. The molecule has 0 bridgehead atoms. The van der Waals surface area contributed by atoms with Crippen LogP contribution in [0.2, 0.25) is 0 Å². The van der Waals surface area contributed by atoms with Crippen molar-refractivity contribution >= 4 is 11.8 Å². The van der Waals surface area contributed by atoms with Crippen LogP contribution in [0, 0.1) is 12.7 Å². The van der Waals surface area contributed by atoms with Gasteiger partial charge in [-0.15, -0.1) is 0 Å². The summed E-state index contributed by atoms with van der Waals surface area (Å²) in [5.74, 6) is -0.768. The lowest BCUT2D eigenvalue weighted by atomic mass is 10.2. The smallest absolute Gasteiger partial charge is 0.278 e. The zero-order chi connectivity index (χ0) is 22.1. The Balaban J connectivity index is 1.41. The van der Waals surface area contributed by atoms with Gasteiger partial charge in [-0.05, 0) is 50.5 Å². The standard InChI is InChI=1S/C22H28FN5O3/c1-15-13-17(23)5-6-18(15)28-14-19(29)20(24-28)22(31)27-11-9-25(10-12-27)16(2)21(30)26-7-3-4-8-26/h5-6,13-14,16,29H,3-4,7-12H2,1-2H3. The third kappa shape index (κ3) is 4.27. The molecule has 1 aromatic carbocycles. The third-order valence-corrected chi connectivity index (χ3v) is 6.23. The Kier molecular flexibility index (Phi) is 5.95. The fraction of sp³-hybridized carbons (Fsp3) is 0.500. The van der Waals surface area contributed by atoms with Gasteiger partial charge in [-0.3, -0.25) is 14.5 Å². The van der Waals surface area contributed by atoms with Gasteiger partial charge in [0.1, 0.15) is 5.82 Å². The van der Waals surface area contributed by atoms with E-state index < -0.39 is 0 Å². The van der Waals surface area contributed by atoms with E-state index in [1.165, 1.54) is 23.0 Å². The molecule has 0 saturated carbocycles. The molecule has 2 fully saturated rings. The van der Waals surface area contributed by atoms with E-state index in [1.54, 1.807) is 17.9 Å². The minimum Gasteiger partial charge on any atom is -0.504 e. The molecule has 9 heteroatoms. The van der Waals surface area contributed by atoms with Crippen molar-refractivity contribution in [2.24, 2.45) is 0 Å². The van der Waals surface area contributed by atoms with Crippen LogP contribution in [0.15, 0.2) is 24.4 Å². The summed E-state index contributed by atoms with van der Waals surface area (Å²) in [6.07, 6.45) is 3.49. The summed E-state index contributed by atoms with van der Waals surface area (Å²) in [7, 11) is 0. The normalized spacial score (nSPS) is 18.4. The second-order valence-electron chi connectivity index (χ2n) is 8.27. The van der Waals surface area contributed by atoms with Gasteiger partial charge >= 0.3 is 0 Å². The maximum absolute atomic E-state index is 13.4. The van der Waals surface area contributed by atoms with E-state index in [1.807, 2.05) is 11.8 Å². The molecule has 0 aliphatic carbocycles. The maximum Gasteiger partial charge on any atom is 0.278 e. The molecule has 1 aromatic heterocycles. The number of aromatic nitrogens is 2. The monoisotopic (exact) mass is 429 g/mol. The number of benzene rings is 1. The Labute approximate surface area is 180 Å². The summed E-state index contributed by atoms with van der Waals surface area (Å²) in [6, 6.07) is 4.04. The van der Waals surface area contributed by atoms with Gasteiger partial charge in [0, 0.05) is 39.3 Å². The minimum atomic E-state index is -0.357. The zero-order valence-electron chi connectivity index (χ0n) is 17.9. The van der Waals surface area contributed by atoms with Gasteiger partial charge in [0.2, 0.25) is 5.91 Å². The summed E-state index contributed by atoms with van der Waals surface area (Å²) in [4.78, 5) is 31.3. The van der Waals surface area contributed by atoms with Crippen molar-refractivity contribution in [3.05, 3.63) is 41.5 Å². The van der Waals surface area contributed by atoms with Crippen molar-refractivity contribution in [1.29, 1.82) is 0 Å². The van der Waals surface area contributed by atoms with Crippen molar-refractivity contribution < 1.29 is 19.1 Å². The van der Waals surface area contributed by atoms with Crippen LogP contribution in [-0.2, 0) is 4.79 Å². The van der Waals surface area contributed by atoms with Gasteiger partial charge < -0.3 is 14.9 Å². The maximum atomic E-state index is 13.4. The molecular weight excluding hydrogens is 401 g/mol. The SMILES string of the molecule is Cc1cc(F)ccc1-n1cc(O)c(C(=O)N2CCN(C(C)C(=O)N3CCCC3)CC2)n1. The highest BCUT2D eigenvalue weighted by Gasteiger charge is 2.32. The second-order valence-corrected chi connectivity index (χ2v) is 8.27. The summed E-state index contributed by atoms with van der Waals surface area (Å²) in [6.45, 7) is 7.42. The van der Waals surface area contributed by atoms with E-state index >= 15 is 0 Å². The fourth-order valence-corrected chi connectivity index (χ4v) is 4.34. The Hall–Kier alpha value is -2.94. The van der Waals surface area contributed by atoms with Crippen LogP contribution in [-0.4, -0.2) is 86.7 Å². The molecule has 166 valence electrons. The predicted octanol–water partition coefficient (Wildman–Crippen LogP) is 1.79. The van der Waals surface area contributed by atoms with Crippen molar-refractivity contribution in [2.75, 3.05) is 39.3 Å². The van der Waals surface area contributed by atoms with Crippen LogP contribution < -0.4 is 0 Å². The van der Waals surface area contributed by atoms with Crippen molar-refractivity contribution in [3.8, 4) is 11.4 Å². The summed E-state index contributed by atoms with van der Waals surface area (Å²) >= 11 is 0. The Morgan fingerprint density at radius 3 is 2.39 bits per heavy atom. The number of hydrogen-bond donors (Lipinski definition) is 1. The molecular formula is C22H28FN5O3. The quantitative estimate of drug-likeness (QED) is 0.802. The van der Waals surface area contributed by atoms with Gasteiger partial charge in [-0.2, -0.15) is 5.10 Å². The van der Waals surface area contributed by atoms with E-state index in [2.05, 4.69) is 10.00 Å².